The van der Waals surface area contributed by atoms with Crippen molar-refractivity contribution in [1.82, 2.24) is 4.31 Å². The predicted molar refractivity (Wildman–Crippen MR) is 98.1 cm³/mol. The molecule has 0 radical (unpaired) electrons. The lowest BCUT2D eigenvalue weighted by Crippen LogP contribution is -2.46. The van der Waals surface area contributed by atoms with Crippen molar-refractivity contribution in [2.24, 2.45) is 0 Å². The lowest BCUT2D eigenvalue weighted by atomic mass is 9.99. The van der Waals surface area contributed by atoms with E-state index in [-0.39, 0.29) is 0 Å². The first-order chi connectivity index (χ1) is 12.0. The fourth-order valence-corrected chi connectivity index (χ4v) is 5.84. The number of nitrogens with zero attached hydrogens (tertiary/aromatic N) is 1. The largest absolute Gasteiger partial charge is 0.655 e. The van der Waals surface area contributed by atoms with Gasteiger partial charge in [-0.2, -0.15) is 0 Å². The predicted octanol–water partition coefficient (Wildman–Crippen LogP) is 2.73. The molecule has 1 aliphatic heterocycles. The molecule has 8 heteroatoms. The highest BCUT2D eigenvalue weighted by Gasteiger charge is 2.40. The lowest BCUT2D eigenvalue weighted by molar-refractivity contribution is 0.0707. The van der Waals surface area contributed by atoms with E-state index in [4.69, 9.17) is 26.1 Å². The third-order valence-corrected chi connectivity index (χ3v) is 7.47. The summed E-state index contributed by atoms with van der Waals surface area (Å²) in [4.78, 5) is 24.2. The second-order valence-electron chi connectivity index (χ2n) is 5.58. The molecule has 0 saturated heterocycles. The molecule has 1 aromatic rings. The summed E-state index contributed by atoms with van der Waals surface area (Å²) in [6, 6.07) is 5.95. The smallest absolute Gasteiger partial charge is 0.500 e. The van der Waals surface area contributed by atoms with Crippen molar-refractivity contribution in [3.8, 4) is 0 Å². The molecule has 0 spiro atoms. The average molecular weight is 383 g/mol. The minimum absolute atomic E-state index is 0.389. The molecule has 2 rings (SSSR count). The number of carbonyl (C=O) groups excluding carboxylic acids is 2. The summed E-state index contributed by atoms with van der Waals surface area (Å²) in [5, 5.41) is 0. The van der Waals surface area contributed by atoms with Gasteiger partial charge in [-0.05, 0) is 45.2 Å². The number of carbonyl (C=O) groups is 2. The molecule has 0 aliphatic carbocycles. The van der Waals surface area contributed by atoms with Crippen LogP contribution in [0.1, 0.15) is 53.5 Å². The van der Waals surface area contributed by atoms with Crippen molar-refractivity contribution in [1.29, 1.82) is 0 Å². The van der Waals surface area contributed by atoms with E-state index in [1.165, 1.54) is 0 Å². The maximum atomic E-state index is 12.2. The topological polar surface area (TPSA) is 65.1 Å². The highest BCUT2D eigenvalue weighted by Crippen LogP contribution is 2.27. The number of imide groups is 1. The third kappa shape index (κ3) is 4.32. The number of benzene rings is 1. The molecule has 0 saturated carbocycles. The summed E-state index contributed by atoms with van der Waals surface area (Å²) in [5.74, 6) is -0.827. The van der Waals surface area contributed by atoms with Gasteiger partial charge in [0, 0.05) is 25.9 Å². The molecule has 0 atom stereocenters. The van der Waals surface area contributed by atoms with E-state index >= 15 is 0 Å². The summed E-state index contributed by atoms with van der Waals surface area (Å²) in [6.45, 7) is 7.37. The number of hydrogen-bond acceptors (Lipinski definition) is 6. The Labute approximate surface area is 155 Å². The van der Waals surface area contributed by atoms with Gasteiger partial charge >= 0.3 is 8.80 Å². The minimum Gasteiger partial charge on any atom is -0.655 e. The van der Waals surface area contributed by atoms with Crippen molar-refractivity contribution < 1.29 is 22.9 Å². The first-order valence-corrected chi connectivity index (χ1v) is 10.9. The van der Waals surface area contributed by atoms with Gasteiger partial charge in [-0.15, -0.1) is 0 Å². The Morgan fingerprint density at radius 1 is 1.00 bits per heavy atom. The fraction of sp³-hybridized carbons (Fsp3) is 0.529. The van der Waals surface area contributed by atoms with Crippen molar-refractivity contribution in [2.75, 3.05) is 19.8 Å². The molecular formula is C17H24NO5SSi-. The van der Waals surface area contributed by atoms with E-state index in [1.807, 2.05) is 26.8 Å². The number of rotatable bonds is 10. The molecule has 25 heavy (non-hydrogen) atoms. The van der Waals surface area contributed by atoms with E-state index in [1.54, 1.807) is 12.1 Å². The molecule has 0 N–H and O–H groups in total. The van der Waals surface area contributed by atoms with Gasteiger partial charge in [0.1, 0.15) is 0 Å². The molecule has 1 aliphatic rings. The van der Waals surface area contributed by atoms with Gasteiger partial charge in [-0.1, -0.05) is 12.1 Å². The third-order valence-electron chi connectivity index (χ3n) is 3.99. The summed E-state index contributed by atoms with van der Waals surface area (Å²) in [6.07, 6.45) is 1.37. The minimum atomic E-state index is -2.70. The van der Waals surface area contributed by atoms with E-state index < -0.39 is 20.6 Å². The normalized spacial score (nSPS) is 14.3. The maximum absolute atomic E-state index is 12.2. The Bertz CT molecular complexity index is 622. The van der Waals surface area contributed by atoms with Gasteiger partial charge in [0.05, 0.1) is 11.1 Å². The Kier molecular flexibility index (Phi) is 7.21. The van der Waals surface area contributed by atoms with E-state index in [0.717, 1.165) is 16.3 Å². The van der Waals surface area contributed by atoms with Crippen LogP contribution in [0.15, 0.2) is 18.2 Å². The first-order valence-electron chi connectivity index (χ1n) is 8.59. The van der Waals surface area contributed by atoms with Crippen LogP contribution in [0.3, 0.4) is 0 Å². The van der Waals surface area contributed by atoms with Crippen LogP contribution in [0, 0.1) is 0 Å². The highest BCUT2D eigenvalue weighted by molar-refractivity contribution is 7.57. The monoisotopic (exact) mass is 382 g/mol. The second-order valence-corrected chi connectivity index (χ2v) is 8.68. The quantitative estimate of drug-likeness (QED) is 0.352. The zero-order valence-corrected chi connectivity index (χ0v) is 16.7. The number of amides is 2. The number of hydrogen-bond donors (Lipinski definition) is 0. The molecule has 138 valence electrons. The summed E-state index contributed by atoms with van der Waals surface area (Å²) in [7, 11) is -2.70. The Balaban J connectivity index is 2.12. The van der Waals surface area contributed by atoms with E-state index in [0.29, 0.717) is 43.4 Å². The van der Waals surface area contributed by atoms with Crippen LogP contribution in [0.2, 0.25) is 6.04 Å². The zero-order chi connectivity index (χ0) is 18.4. The molecular weight excluding hydrogens is 358 g/mol. The highest BCUT2D eigenvalue weighted by atomic mass is 32.1. The molecule has 0 unspecified atom stereocenters. The van der Waals surface area contributed by atoms with Gasteiger partial charge in [0.15, 0.2) is 0 Å². The van der Waals surface area contributed by atoms with Crippen LogP contribution in [0.4, 0.5) is 0 Å². The van der Waals surface area contributed by atoms with Crippen molar-refractivity contribution in [3.05, 3.63) is 34.9 Å². The van der Waals surface area contributed by atoms with E-state index in [9.17, 15) is 9.59 Å². The van der Waals surface area contributed by atoms with Crippen molar-refractivity contribution in [2.45, 2.75) is 39.7 Å². The van der Waals surface area contributed by atoms with Crippen LogP contribution in [0.25, 0.3) is 0 Å². The Hall–Kier alpha value is -1.19. The van der Waals surface area contributed by atoms with Crippen molar-refractivity contribution in [3.63, 3.8) is 0 Å². The average Bonchev–Trinajstić information content (AvgIpc) is 2.81. The Morgan fingerprint density at radius 2 is 1.60 bits per heavy atom. The van der Waals surface area contributed by atoms with Gasteiger partial charge in [-0.3, -0.25) is 9.59 Å². The van der Waals surface area contributed by atoms with Gasteiger partial charge in [0.25, 0.3) is 0 Å². The summed E-state index contributed by atoms with van der Waals surface area (Å²) in [5.41, 5.74) is 1.65. The molecule has 0 fully saturated rings. The van der Waals surface area contributed by atoms with Crippen LogP contribution >= 0.6 is 0 Å². The molecule has 0 bridgehead atoms. The SMILES string of the molecule is CCO[Si](CCCc1cccc2c1C(=O)N([S-])C2=O)(OCC)OCC. The van der Waals surface area contributed by atoms with Crippen molar-refractivity contribution >= 4 is 33.4 Å². The van der Waals surface area contributed by atoms with E-state index in [2.05, 4.69) is 0 Å². The lowest BCUT2D eigenvalue weighted by Gasteiger charge is -2.28. The van der Waals surface area contributed by atoms with Gasteiger partial charge in [0.2, 0.25) is 11.8 Å². The van der Waals surface area contributed by atoms with Crippen LogP contribution in [0.5, 0.6) is 0 Å². The van der Waals surface area contributed by atoms with Crippen LogP contribution < -0.4 is 0 Å². The molecule has 6 nitrogen and oxygen atoms in total. The fourth-order valence-electron chi connectivity index (χ4n) is 3.04. The van der Waals surface area contributed by atoms with Crippen LogP contribution in [-0.2, 0) is 32.5 Å². The van der Waals surface area contributed by atoms with Gasteiger partial charge < -0.3 is 30.4 Å². The van der Waals surface area contributed by atoms with Gasteiger partial charge in [-0.25, -0.2) is 0 Å². The maximum Gasteiger partial charge on any atom is 0.500 e. The molecule has 1 aromatic carbocycles. The molecule has 0 aromatic heterocycles. The number of aryl methyl sites for hydroxylation is 1. The summed E-state index contributed by atoms with van der Waals surface area (Å²) < 4.78 is 18.3. The zero-order valence-electron chi connectivity index (χ0n) is 14.9. The molecule has 1 heterocycles. The standard InChI is InChI=1S/C17H24NO5SSi/c1-4-21-25(22-5-2,23-6-3)12-8-10-13-9-7-11-14-15(13)17(20)18(24)16(14)19/h7,9,11H,4-6,8,10,12H2,1-3H3/q-1. The second kappa shape index (κ2) is 8.95. The molecule has 2 amide bonds. The Morgan fingerprint density at radius 3 is 2.16 bits per heavy atom. The summed E-state index contributed by atoms with van der Waals surface area (Å²) >= 11 is 4.87. The first kappa shape index (κ1) is 20.1. The number of fused-ring (bicyclic) bond motifs is 1. The van der Waals surface area contributed by atoms with Crippen LogP contribution in [-0.4, -0.2) is 44.7 Å².